The van der Waals surface area contributed by atoms with Gasteiger partial charge in [0, 0.05) is 24.8 Å². The zero-order chi connectivity index (χ0) is 9.97. The molecule has 1 aliphatic heterocycles. The molecular weight excluding hydrogens is 182 g/mol. The average Bonchev–Trinajstić information content (AvgIpc) is 2.62. The number of aromatic nitrogens is 2. The summed E-state index contributed by atoms with van der Waals surface area (Å²) in [5.41, 5.74) is -0.670. The summed E-state index contributed by atoms with van der Waals surface area (Å²) >= 11 is 0. The molecule has 0 amide bonds. The molecule has 1 aliphatic rings. The largest absolute Gasteiger partial charge is 0.328 e. The predicted molar refractivity (Wildman–Crippen MR) is 52.3 cm³/mol. The molecule has 5 heteroatoms. The molecule has 0 bridgehead atoms. The minimum Gasteiger partial charge on any atom is -0.312 e. The van der Waals surface area contributed by atoms with Crippen molar-refractivity contribution in [1.82, 2.24) is 14.9 Å². The van der Waals surface area contributed by atoms with Crippen LogP contribution in [0.15, 0.2) is 21.9 Å². The molecule has 2 heterocycles. The second-order valence-corrected chi connectivity index (χ2v) is 3.56. The van der Waals surface area contributed by atoms with Gasteiger partial charge in [0.25, 0.3) is 5.56 Å². The third-order valence-corrected chi connectivity index (χ3v) is 2.48. The highest BCUT2D eigenvalue weighted by atomic mass is 16.2. The van der Waals surface area contributed by atoms with E-state index in [9.17, 15) is 9.59 Å². The smallest absolute Gasteiger partial charge is 0.312 e. The normalized spacial score (nSPS) is 21.3. The Kier molecular flexibility index (Phi) is 2.49. The lowest BCUT2D eigenvalue weighted by Gasteiger charge is -2.11. The fourth-order valence-electron chi connectivity index (χ4n) is 1.74. The summed E-state index contributed by atoms with van der Waals surface area (Å²) in [7, 11) is 0. The maximum Gasteiger partial charge on any atom is 0.328 e. The van der Waals surface area contributed by atoms with E-state index < -0.39 is 0 Å². The van der Waals surface area contributed by atoms with Gasteiger partial charge in [-0.3, -0.25) is 14.3 Å². The molecule has 0 saturated carbocycles. The molecule has 1 atom stereocenters. The van der Waals surface area contributed by atoms with Crippen LogP contribution in [0.1, 0.15) is 12.8 Å². The Balaban J connectivity index is 2.16. The SMILES string of the molecule is O=c1ccn(CC2CCCN2)c(=O)[nH]1. The Hall–Kier alpha value is -1.36. The fraction of sp³-hybridized carbons (Fsp3) is 0.556. The van der Waals surface area contributed by atoms with E-state index in [2.05, 4.69) is 10.3 Å². The molecule has 14 heavy (non-hydrogen) atoms. The van der Waals surface area contributed by atoms with Gasteiger partial charge in [-0.2, -0.15) is 0 Å². The van der Waals surface area contributed by atoms with Crippen molar-refractivity contribution in [3.05, 3.63) is 33.1 Å². The average molecular weight is 195 g/mol. The Bertz CT molecular complexity index is 415. The van der Waals surface area contributed by atoms with E-state index in [1.807, 2.05) is 0 Å². The Morgan fingerprint density at radius 3 is 3.00 bits per heavy atom. The summed E-state index contributed by atoms with van der Waals surface area (Å²) in [6.45, 7) is 1.65. The molecule has 0 aliphatic carbocycles. The second kappa shape index (κ2) is 3.79. The van der Waals surface area contributed by atoms with E-state index in [0.29, 0.717) is 12.6 Å². The monoisotopic (exact) mass is 195 g/mol. The molecule has 2 rings (SSSR count). The minimum absolute atomic E-state index is 0.328. The Morgan fingerprint density at radius 2 is 2.36 bits per heavy atom. The van der Waals surface area contributed by atoms with Crippen molar-refractivity contribution < 1.29 is 0 Å². The second-order valence-electron chi connectivity index (χ2n) is 3.56. The van der Waals surface area contributed by atoms with Gasteiger partial charge >= 0.3 is 5.69 Å². The van der Waals surface area contributed by atoms with Gasteiger partial charge in [-0.1, -0.05) is 0 Å². The maximum absolute atomic E-state index is 11.3. The van der Waals surface area contributed by atoms with Crippen LogP contribution >= 0.6 is 0 Å². The van der Waals surface area contributed by atoms with E-state index in [1.165, 1.54) is 10.6 Å². The number of aromatic amines is 1. The lowest BCUT2D eigenvalue weighted by atomic mass is 10.2. The maximum atomic E-state index is 11.3. The number of nitrogens with one attached hydrogen (secondary N) is 2. The van der Waals surface area contributed by atoms with Crippen LogP contribution in [-0.4, -0.2) is 22.1 Å². The number of hydrogen-bond donors (Lipinski definition) is 2. The van der Waals surface area contributed by atoms with Gasteiger partial charge in [0.1, 0.15) is 0 Å². The summed E-state index contributed by atoms with van der Waals surface area (Å²) in [5, 5.41) is 3.30. The van der Waals surface area contributed by atoms with Gasteiger partial charge in [0.2, 0.25) is 0 Å². The molecule has 1 unspecified atom stereocenters. The zero-order valence-corrected chi connectivity index (χ0v) is 7.82. The number of nitrogens with zero attached hydrogens (tertiary/aromatic N) is 1. The van der Waals surface area contributed by atoms with E-state index in [1.54, 1.807) is 6.20 Å². The molecule has 5 nitrogen and oxygen atoms in total. The Morgan fingerprint density at radius 1 is 1.50 bits per heavy atom. The van der Waals surface area contributed by atoms with Crippen LogP contribution < -0.4 is 16.6 Å². The minimum atomic E-state index is -0.342. The van der Waals surface area contributed by atoms with Gasteiger partial charge < -0.3 is 5.32 Å². The molecular formula is C9H13N3O2. The van der Waals surface area contributed by atoms with Crippen LogP contribution in [0, 0.1) is 0 Å². The quantitative estimate of drug-likeness (QED) is 0.655. The molecule has 1 aromatic rings. The highest BCUT2D eigenvalue weighted by molar-refractivity contribution is 4.85. The van der Waals surface area contributed by atoms with Gasteiger partial charge in [-0.05, 0) is 19.4 Å². The van der Waals surface area contributed by atoms with Crippen LogP contribution in [0.2, 0.25) is 0 Å². The third-order valence-electron chi connectivity index (χ3n) is 2.48. The van der Waals surface area contributed by atoms with Crippen molar-refractivity contribution >= 4 is 0 Å². The van der Waals surface area contributed by atoms with Crippen molar-refractivity contribution in [3.63, 3.8) is 0 Å². The summed E-state index contributed by atoms with van der Waals surface area (Å²) in [5.74, 6) is 0. The van der Waals surface area contributed by atoms with Crippen LogP contribution in [0.5, 0.6) is 0 Å². The van der Waals surface area contributed by atoms with Crippen molar-refractivity contribution in [2.24, 2.45) is 0 Å². The molecule has 0 radical (unpaired) electrons. The standard InChI is InChI=1S/C9H13N3O2/c13-8-3-5-12(9(14)11-8)6-7-2-1-4-10-7/h3,5,7,10H,1-2,4,6H2,(H,11,13,14). The molecule has 0 aromatic carbocycles. The van der Waals surface area contributed by atoms with E-state index in [-0.39, 0.29) is 11.2 Å². The number of H-pyrrole nitrogens is 1. The highest BCUT2D eigenvalue weighted by Gasteiger charge is 2.14. The highest BCUT2D eigenvalue weighted by Crippen LogP contribution is 2.05. The van der Waals surface area contributed by atoms with E-state index >= 15 is 0 Å². The summed E-state index contributed by atoms with van der Waals surface area (Å²) < 4.78 is 1.53. The van der Waals surface area contributed by atoms with Crippen LogP contribution in [0.3, 0.4) is 0 Å². The first-order valence-electron chi connectivity index (χ1n) is 4.79. The lowest BCUT2D eigenvalue weighted by Crippen LogP contribution is -2.35. The van der Waals surface area contributed by atoms with Gasteiger partial charge in [0.05, 0.1) is 0 Å². The molecule has 0 spiro atoms. The summed E-state index contributed by atoms with van der Waals surface area (Å²) in [6.07, 6.45) is 3.79. The summed E-state index contributed by atoms with van der Waals surface area (Å²) in [6, 6.07) is 1.73. The van der Waals surface area contributed by atoms with Gasteiger partial charge in [-0.25, -0.2) is 4.79 Å². The van der Waals surface area contributed by atoms with Crippen molar-refractivity contribution in [2.45, 2.75) is 25.4 Å². The van der Waals surface area contributed by atoms with Crippen molar-refractivity contribution in [1.29, 1.82) is 0 Å². The number of hydrogen-bond acceptors (Lipinski definition) is 3. The van der Waals surface area contributed by atoms with Crippen LogP contribution in [0.4, 0.5) is 0 Å². The summed E-state index contributed by atoms with van der Waals surface area (Å²) in [4.78, 5) is 24.3. The molecule has 76 valence electrons. The molecule has 1 saturated heterocycles. The van der Waals surface area contributed by atoms with Gasteiger partial charge in [0.15, 0.2) is 0 Å². The van der Waals surface area contributed by atoms with Crippen LogP contribution in [0.25, 0.3) is 0 Å². The molecule has 1 fully saturated rings. The number of rotatable bonds is 2. The Labute approximate surface area is 80.8 Å². The molecule has 2 N–H and O–H groups in total. The first-order chi connectivity index (χ1) is 6.75. The topological polar surface area (TPSA) is 66.9 Å². The van der Waals surface area contributed by atoms with Crippen LogP contribution in [-0.2, 0) is 6.54 Å². The fourth-order valence-corrected chi connectivity index (χ4v) is 1.74. The third kappa shape index (κ3) is 1.93. The molecule has 1 aromatic heterocycles. The van der Waals surface area contributed by atoms with E-state index in [0.717, 1.165) is 19.4 Å². The predicted octanol–water partition coefficient (Wildman–Crippen LogP) is -0.711. The van der Waals surface area contributed by atoms with Crippen molar-refractivity contribution in [3.8, 4) is 0 Å². The van der Waals surface area contributed by atoms with Crippen molar-refractivity contribution in [2.75, 3.05) is 6.54 Å². The first kappa shape index (κ1) is 9.21. The van der Waals surface area contributed by atoms with E-state index in [4.69, 9.17) is 0 Å². The lowest BCUT2D eigenvalue weighted by molar-refractivity contribution is 0.492. The zero-order valence-electron chi connectivity index (χ0n) is 7.82. The van der Waals surface area contributed by atoms with Gasteiger partial charge in [-0.15, -0.1) is 0 Å². The first-order valence-corrected chi connectivity index (χ1v) is 4.79.